The summed E-state index contributed by atoms with van der Waals surface area (Å²) in [4.78, 5) is 0. The van der Waals surface area contributed by atoms with E-state index in [0.29, 0.717) is 5.41 Å². The predicted octanol–water partition coefficient (Wildman–Crippen LogP) is 7.41. The Morgan fingerprint density at radius 3 is 2.27 bits per heavy atom. The number of hydrogen-bond donors (Lipinski definition) is 0. The highest BCUT2D eigenvalue weighted by Gasteiger charge is 2.38. The van der Waals surface area contributed by atoms with Crippen LogP contribution >= 0.6 is 0 Å². The Kier molecular flexibility index (Phi) is 5.53. The maximum absolute atomic E-state index is 2.61. The van der Waals surface area contributed by atoms with Crippen molar-refractivity contribution in [1.82, 2.24) is 0 Å². The molecule has 0 spiro atoms. The maximum atomic E-state index is 2.61. The highest BCUT2D eigenvalue weighted by atomic mass is 28.3. The lowest BCUT2D eigenvalue weighted by Crippen LogP contribution is -2.48. The van der Waals surface area contributed by atoms with Gasteiger partial charge >= 0.3 is 0 Å². The second-order valence-corrected chi connectivity index (χ2v) is 15.9. The quantitative estimate of drug-likeness (QED) is 0.226. The van der Waals surface area contributed by atoms with Gasteiger partial charge in [-0.2, -0.15) is 0 Å². The number of fused-ring (bicyclic) bond motifs is 1. The number of benzene rings is 3. The molecule has 4 aromatic rings. The molecule has 1 saturated heterocycles. The standard InChI is InChI=1S/C31H36NSi/c1-23-11-12-25(24-9-7-6-8-10-24)22-29(23)30-28-14-13-27(21-26(28)15-18-32(30)4)33(5)19-16-31(2,3)17-20-33/h6-15,18,21-22H,16-17,19-20H2,1-5H3/q+1. The van der Waals surface area contributed by atoms with Crippen LogP contribution < -0.4 is 9.75 Å². The summed E-state index contributed by atoms with van der Waals surface area (Å²) in [6.07, 6.45) is 4.98. The number of nitrogens with zero attached hydrogens (tertiary/aromatic N) is 1. The minimum absolute atomic E-state index is 0.519. The number of aromatic nitrogens is 1. The molecule has 0 N–H and O–H groups in total. The first-order valence-electron chi connectivity index (χ1n) is 12.4. The van der Waals surface area contributed by atoms with E-state index in [0.717, 1.165) is 0 Å². The summed E-state index contributed by atoms with van der Waals surface area (Å²) in [6.45, 7) is 9.73. The van der Waals surface area contributed by atoms with Crippen LogP contribution in [0, 0.1) is 12.3 Å². The van der Waals surface area contributed by atoms with E-state index in [1.165, 1.54) is 63.7 Å². The molecule has 0 unspecified atom stereocenters. The molecule has 0 atom stereocenters. The topological polar surface area (TPSA) is 3.88 Å². The summed E-state index contributed by atoms with van der Waals surface area (Å²) in [6, 6.07) is 30.1. The largest absolute Gasteiger partial charge is 0.220 e. The van der Waals surface area contributed by atoms with Crippen LogP contribution in [-0.4, -0.2) is 8.07 Å². The van der Waals surface area contributed by atoms with Gasteiger partial charge < -0.3 is 0 Å². The first kappa shape index (κ1) is 22.1. The van der Waals surface area contributed by atoms with Crippen LogP contribution in [0.5, 0.6) is 0 Å². The van der Waals surface area contributed by atoms with Gasteiger partial charge in [0.05, 0.1) is 19.0 Å². The van der Waals surface area contributed by atoms with Crippen LogP contribution in [-0.2, 0) is 7.05 Å². The predicted molar refractivity (Wildman–Crippen MR) is 145 cm³/mol. The van der Waals surface area contributed by atoms with Gasteiger partial charge in [0.1, 0.15) is 7.05 Å². The SMILES string of the molecule is Cc1ccc(-c2ccccc2)cc1-c1c2ccc([Si]3(C)CCC(C)(C)CC3)cc2cc[n+]1C. The zero-order valence-electron chi connectivity index (χ0n) is 20.8. The molecule has 1 aliphatic heterocycles. The van der Waals surface area contributed by atoms with Gasteiger partial charge in [0.2, 0.25) is 5.69 Å². The Bertz CT molecular complexity index is 1310. The van der Waals surface area contributed by atoms with E-state index in [1.807, 2.05) is 0 Å². The Hall–Kier alpha value is -2.71. The molecular formula is C31H36NSi+. The average molecular weight is 451 g/mol. The molecule has 168 valence electrons. The van der Waals surface area contributed by atoms with E-state index in [4.69, 9.17) is 0 Å². The molecule has 33 heavy (non-hydrogen) atoms. The Morgan fingerprint density at radius 1 is 0.818 bits per heavy atom. The van der Waals surface area contributed by atoms with Gasteiger partial charge in [-0.1, -0.05) is 105 Å². The minimum Gasteiger partial charge on any atom is -0.200 e. The Morgan fingerprint density at radius 2 is 1.55 bits per heavy atom. The van der Waals surface area contributed by atoms with Gasteiger partial charge in [-0.15, -0.1) is 0 Å². The van der Waals surface area contributed by atoms with Crippen molar-refractivity contribution >= 4 is 24.0 Å². The molecule has 3 aromatic carbocycles. The normalized spacial score (nSPS) is 17.2. The molecule has 1 nitrogen and oxygen atoms in total. The van der Waals surface area contributed by atoms with Gasteiger partial charge in [-0.05, 0) is 46.5 Å². The first-order chi connectivity index (χ1) is 15.8. The van der Waals surface area contributed by atoms with E-state index in [2.05, 4.69) is 118 Å². The number of hydrogen-bond acceptors (Lipinski definition) is 0. The molecule has 0 amide bonds. The maximum Gasteiger partial charge on any atom is 0.220 e. The van der Waals surface area contributed by atoms with Crippen LogP contribution in [0.3, 0.4) is 0 Å². The third kappa shape index (κ3) is 4.17. The first-order valence-corrected chi connectivity index (χ1v) is 15.3. The fourth-order valence-corrected chi connectivity index (χ4v) is 9.81. The summed E-state index contributed by atoms with van der Waals surface area (Å²) in [5.41, 5.74) is 7.01. The summed E-state index contributed by atoms with van der Waals surface area (Å²) in [7, 11) is 0.777. The molecule has 2 heterocycles. The van der Waals surface area contributed by atoms with Gasteiger partial charge in [0.15, 0.2) is 6.20 Å². The van der Waals surface area contributed by atoms with Crippen molar-refractivity contribution in [3.63, 3.8) is 0 Å². The van der Waals surface area contributed by atoms with Gasteiger partial charge in [-0.3, -0.25) is 0 Å². The third-order valence-corrected chi connectivity index (χ3v) is 12.6. The van der Waals surface area contributed by atoms with Gasteiger partial charge in [0, 0.05) is 6.07 Å². The van der Waals surface area contributed by atoms with E-state index in [9.17, 15) is 0 Å². The van der Waals surface area contributed by atoms with E-state index in [1.54, 1.807) is 5.19 Å². The van der Waals surface area contributed by atoms with Crippen molar-refractivity contribution in [1.29, 1.82) is 0 Å². The molecular weight excluding hydrogens is 414 g/mol. The second-order valence-electron chi connectivity index (χ2n) is 11.2. The van der Waals surface area contributed by atoms with Crippen LogP contribution in [0.25, 0.3) is 33.2 Å². The second kappa shape index (κ2) is 8.25. The van der Waals surface area contributed by atoms with Crippen LogP contribution in [0.2, 0.25) is 18.6 Å². The van der Waals surface area contributed by atoms with Crippen molar-refractivity contribution in [2.45, 2.75) is 52.2 Å². The highest BCUT2D eigenvalue weighted by molar-refractivity contribution is 6.91. The molecule has 5 rings (SSSR count). The molecule has 0 bridgehead atoms. The zero-order chi connectivity index (χ0) is 23.2. The zero-order valence-corrected chi connectivity index (χ0v) is 21.8. The average Bonchev–Trinajstić information content (AvgIpc) is 2.82. The molecule has 0 aliphatic carbocycles. The monoisotopic (exact) mass is 450 g/mol. The molecule has 1 aliphatic rings. The van der Waals surface area contributed by atoms with Crippen molar-refractivity contribution < 1.29 is 4.57 Å². The lowest BCUT2D eigenvalue weighted by molar-refractivity contribution is -0.659. The molecule has 1 fully saturated rings. The Labute approximate surface area is 200 Å². The van der Waals surface area contributed by atoms with Crippen molar-refractivity contribution in [3.8, 4) is 22.4 Å². The van der Waals surface area contributed by atoms with Crippen molar-refractivity contribution in [2.75, 3.05) is 0 Å². The van der Waals surface area contributed by atoms with Crippen LogP contribution in [0.4, 0.5) is 0 Å². The molecule has 2 heteroatoms. The summed E-state index contributed by atoms with van der Waals surface area (Å²) in [5.74, 6) is 0. The Balaban J connectivity index is 1.61. The summed E-state index contributed by atoms with van der Waals surface area (Å²) in [5, 5.41) is 4.37. The number of aryl methyl sites for hydroxylation is 2. The van der Waals surface area contributed by atoms with Crippen LogP contribution in [0.1, 0.15) is 32.3 Å². The number of rotatable bonds is 3. The van der Waals surface area contributed by atoms with Gasteiger partial charge in [0.25, 0.3) is 0 Å². The van der Waals surface area contributed by atoms with E-state index >= 15 is 0 Å². The van der Waals surface area contributed by atoms with E-state index < -0.39 is 8.07 Å². The smallest absolute Gasteiger partial charge is 0.200 e. The summed E-state index contributed by atoms with van der Waals surface area (Å²) >= 11 is 0. The third-order valence-electron chi connectivity index (χ3n) is 8.14. The fraction of sp³-hybridized carbons (Fsp3) is 0.323. The minimum atomic E-state index is -1.40. The highest BCUT2D eigenvalue weighted by Crippen LogP contribution is 2.41. The lowest BCUT2D eigenvalue weighted by Gasteiger charge is -2.40. The number of pyridine rings is 1. The van der Waals surface area contributed by atoms with E-state index in [-0.39, 0.29) is 0 Å². The molecule has 0 radical (unpaired) electrons. The summed E-state index contributed by atoms with van der Waals surface area (Å²) < 4.78 is 2.29. The van der Waals surface area contributed by atoms with Gasteiger partial charge in [-0.25, -0.2) is 4.57 Å². The molecule has 1 aromatic heterocycles. The van der Waals surface area contributed by atoms with Crippen molar-refractivity contribution in [3.05, 3.63) is 84.6 Å². The molecule has 0 saturated carbocycles. The lowest BCUT2D eigenvalue weighted by atomic mass is 9.87. The fourth-order valence-electron chi connectivity index (χ4n) is 5.54. The van der Waals surface area contributed by atoms with Crippen LogP contribution in [0.15, 0.2) is 79.0 Å². The van der Waals surface area contributed by atoms with Crippen molar-refractivity contribution in [2.24, 2.45) is 12.5 Å².